The molecule has 2 aromatic carbocycles. The lowest BCUT2D eigenvalue weighted by Crippen LogP contribution is -1.80. The van der Waals surface area contributed by atoms with Gasteiger partial charge >= 0.3 is 0 Å². The summed E-state index contributed by atoms with van der Waals surface area (Å²) in [5.41, 5.74) is 1.53. The summed E-state index contributed by atoms with van der Waals surface area (Å²) < 4.78 is 0. The zero-order valence-electron chi connectivity index (χ0n) is 10.6. The third kappa shape index (κ3) is 4.82. The van der Waals surface area contributed by atoms with Gasteiger partial charge < -0.3 is 5.11 Å². The van der Waals surface area contributed by atoms with Gasteiger partial charge in [0.2, 0.25) is 0 Å². The van der Waals surface area contributed by atoms with Gasteiger partial charge in [-0.3, -0.25) is 0 Å². The lowest BCUT2D eigenvalue weighted by Gasteiger charge is -2.06. The lowest BCUT2D eigenvalue weighted by atomic mass is 10.1. The highest BCUT2D eigenvalue weighted by Crippen LogP contribution is 2.37. The summed E-state index contributed by atoms with van der Waals surface area (Å²) in [6, 6.07) is 12.7. The van der Waals surface area contributed by atoms with Crippen LogP contribution in [0.25, 0.3) is 11.1 Å². The molecule has 0 heterocycles. The van der Waals surface area contributed by atoms with Crippen molar-refractivity contribution in [2.75, 3.05) is 0 Å². The van der Waals surface area contributed by atoms with Crippen molar-refractivity contribution in [3.8, 4) is 16.9 Å². The maximum Gasteiger partial charge on any atom is 0.142 e. The van der Waals surface area contributed by atoms with Gasteiger partial charge in [0.1, 0.15) is 5.75 Å². The molecule has 2 aromatic rings. The molecule has 0 unspecified atom stereocenters. The molecule has 1 nitrogen and oxygen atoms in total. The van der Waals surface area contributed by atoms with Crippen molar-refractivity contribution in [2.24, 2.45) is 0 Å². The van der Waals surface area contributed by atoms with E-state index in [0.29, 0.717) is 10.6 Å². The monoisotopic (exact) mass is 294 g/mol. The van der Waals surface area contributed by atoms with Gasteiger partial charge in [-0.15, -0.1) is 26.3 Å². The molecule has 0 saturated heterocycles. The third-order valence-corrected chi connectivity index (χ3v) is 2.62. The molecule has 19 heavy (non-hydrogen) atoms. The van der Waals surface area contributed by atoms with Gasteiger partial charge in [0.05, 0.1) is 5.02 Å². The quantitative estimate of drug-likeness (QED) is 0.642. The highest BCUT2D eigenvalue weighted by atomic mass is 35.5. The first-order valence-corrected chi connectivity index (χ1v) is 6.17. The molecule has 0 aliphatic rings. The van der Waals surface area contributed by atoms with E-state index in [4.69, 9.17) is 23.2 Å². The Morgan fingerprint density at radius 2 is 1.37 bits per heavy atom. The van der Waals surface area contributed by atoms with E-state index >= 15 is 0 Å². The largest absolute Gasteiger partial charge is 0.506 e. The molecular formula is C16H16Cl2O. The Hall–Kier alpha value is -1.70. The van der Waals surface area contributed by atoms with Crippen molar-refractivity contribution in [3.05, 3.63) is 78.8 Å². The Morgan fingerprint density at radius 3 is 1.89 bits per heavy atom. The molecule has 2 rings (SSSR count). The SMILES string of the molecule is C=C.C=C.Oc1c(Cl)cc(Cl)cc1-c1ccccc1. The fourth-order valence-electron chi connectivity index (χ4n) is 1.40. The fourth-order valence-corrected chi connectivity index (χ4v) is 1.90. The zero-order chi connectivity index (χ0) is 14.8. The average molecular weight is 295 g/mol. The van der Waals surface area contributed by atoms with Crippen molar-refractivity contribution in [1.29, 1.82) is 0 Å². The van der Waals surface area contributed by atoms with Crippen LogP contribution in [0.4, 0.5) is 0 Å². The molecule has 0 spiro atoms. The number of hydrogen-bond donors (Lipinski definition) is 1. The number of benzene rings is 2. The smallest absolute Gasteiger partial charge is 0.142 e. The summed E-state index contributed by atoms with van der Waals surface area (Å²) >= 11 is 11.7. The van der Waals surface area contributed by atoms with Crippen LogP contribution in [0.1, 0.15) is 0 Å². The van der Waals surface area contributed by atoms with E-state index in [1.54, 1.807) is 6.07 Å². The number of phenolic OH excluding ortho intramolecular Hbond substituents is 1. The van der Waals surface area contributed by atoms with E-state index in [9.17, 15) is 5.11 Å². The van der Waals surface area contributed by atoms with Crippen LogP contribution in [-0.2, 0) is 0 Å². The highest BCUT2D eigenvalue weighted by Gasteiger charge is 2.09. The first kappa shape index (κ1) is 17.3. The summed E-state index contributed by atoms with van der Waals surface area (Å²) in [7, 11) is 0. The minimum atomic E-state index is 0.0623. The van der Waals surface area contributed by atoms with Gasteiger partial charge in [-0.2, -0.15) is 0 Å². The Morgan fingerprint density at radius 1 is 0.842 bits per heavy atom. The molecule has 0 aromatic heterocycles. The summed E-state index contributed by atoms with van der Waals surface area (Å²) in [4.78, 5) is 0. The van der Waals surface area contributed by atoms with Crippen molar-refractivity contribution in [2.45, 2.75) is 0 Å². The van der Waals surface area contributed by atoms with Gasteiger partial charge in [-0.05, 0) is 17.7 Å². The van der Waals surface area contributed by atoms with Crippen molar-refractivity contribution >= 4 is 23.2 Å². The van der Waals surface area contributed by atoms with Crippen LogP contribution >= 0.6 is 23.2 Å². The second-order valence-electron chi connectivity index (χ2n) is 3.15. The van der Waals surface area contributed by atoms with E-state index < -0.39 is 0 Å². The lowest BCUT2D eigenvalue weighted by molar-refractivity contribution is 0.477. The van der Waals surface area contributed by atoms with Crippen molar-refractivity contribution in [3.63, 3.8) is 0 Å². The summed E-state index contributed by atoms with van der Waals surface area (Å²) in [5.74, 6) is 0.0623. The van der Waals surface area contributed by atoms with E-state index in [1.165, 1.54) is 6.07 Å². The van der Waals surface area contributed by atoms with Gasteiger partial charge in [-0.1, -0.05) is 53.5 Å². The molecular weight excluding hydrogens is 279 g/mol. The average Bonchev–Trinajstić information content (AvgIpc) is 2.48. The molecule has 0 saturated carbocycles. The normalized spacial score (nSPS) is 8.53. The van der Waals surface area contributed by atoms with Crippen molar-refractivity contribution < 1.29 is 5.11 Å². The Balaban J connectivity index is 0.000000741. The molecule has 3 heteroatoms. The van der Waals surface area contributed by atoms with Gasteiger partial charge in [0.25, 0.3) is 0 Å². The topological polar surface area (TPSA) is 20.2 Å². The van der Waals surface area contributed by atoms with Crippen LogP contribution in [0.5, 0.6) is 5.75 Å². The second kappa shape index (κ2) is 9.26. The van der Waals surface area contributed by atoms with E-state index in [0.717, 1.165) is 5.56 Å². The second-order valence-corrected chi connectivity index (χ2v) is 3.99. The third-order valence-electron chi connectivity index (χ3n) is 2.11. The minimum absolute atomic E-state index is 0.0623. The number of phenols is 1. The van der Waals surface area contributed by atoms with E-state index in [-0.39, 0.29) is 10.8 Å². The molecule has 100 valence electrons. The molecule has 0 atom stereocenters. The summed E-state index contributed by atoms with van der Waals surface area (Å²) in [6.07, 6.45) is 0. The van der Waals surface area contributed by atoms with Crippen molar-refractivity contribution in [1.82, 2.24) is 0 Å². The van der Waals surface area contributed by atoms with E-state index in [1.807, 2.05) is 30.3 Å². The van der Waals surface area contributed by atoms with Crippen LogP contribution in [0.3, 0.4) is 0 Å². The molecule has 1 N–H and O–H groups in total. The van der Waals surface area contributed by atoms with E-state index in [2.05, 4.69) is 26.3 Å². The number of aromatic hydroxyl groups is 1. The first-order valence-electron chi connectivity index (χ1n) is 5.42. The fraction of sp³-hybridized carbons (Fsp3) is 0. The van der Waals surface area contributed by atoms with Gasteiger partial charge in [-0.25, -0.2) is 0 Å². The standard InChI is InChI=1S/C12H8Cl2O.2C2H4/c13-9-6-10(12(15)11(14)7-9)8-4-2-1-3-5-8;2*1-2/h1-7,15H;2*1-2H2. The predicted molar refractivity (Wildman–Crippen MR) is 86.1 cm³/mol. The predicted octanol–water partition coefficient (Wildman–Crippen LogP) is 5.97. The summed E-state index contributed by atoms with van der Waals surface area (Å²) in [6.45, 7) is 12.0. The minimum Gasteiger partial charge on any atom is -0.506 e. The molecule has 0 fully saturated rings. The molecule has 0 amide bonds. The molecule has 0 bridgehead atoms. The van der Waals surface area contributed by atoms with Gasteiger partial charge in [0.15, 0.2) is 0 Å². The molecule has 0 aliphatic carbocycles. The van der Waals surface area contributed by atoms with Gasteiger partial charge in [0, 0.05) is 10.6 Å². The summed E-state index contributed by atoms with van der Waals surface area (Å²) in [5, 5.41) is 10.6. The molecule has 0 aliphatic heterocycles. The maximum atomic E-state index is 9.78. The van der Waals surface area contributed by atoms with Crippen LogP contribution in [0.15, 0.2) is 68.8 Å². The first-order chi connectivity index (χ1) is 9.18. The van der Waals surface area contributed by atoms with Crippen LogP contribution in [0.2, 0.25) is 10.0 Å². The van der Waals surface area contributed by atoms with Crippen LogP contribution in [-0.4, -0.2) is 5.11 Å². The Bertz CT molecular complexity index is 508. The number of halogens is 2. The van der Waals surface area contributed by atoms with Crippen LogP contribution in [0, 0.1) is 0 Å². The zero-order valence-corrected chi connectivity index (χ0v) is 12.1. The number of rotatable bonds is 1. The molecule has 0 radical (unpaired) electrons. The highest BCUT2D eigenvalue weighted by molar-refractivity contribution is 6.36. The Labute approximate surface area is 124 Å². The Kier molecular flexibility index (Phi) is 8.43. The van der Waals surface area contributed by atoms with Crippen LogP contribution < -0.4 is 0 Å². The maximum absolute atomic E-state index is 9.78. The number of hydrogen-bond acceptors (Lipinski definition) is 1.